The van der Waals surface area contributed by atoms with E-state index < -0.39 is 0 Å². The Kier molecular flexibility index (Phi) is 4.10. The second-order valence-electron chi connectivity index (χ2n) is 4.32. The van der Waals surface area contributed by atoms with Crippen molar-refractivity contribution in [3.63, 3.8) is 0 Å². The van der Waals surface area contributed by atoms with Crippen molar-refractivity contribution in [2.75, 3.05) is 11.9 Å². The minimum atomic E-state index is -0.286. The van der Waals surface area contributed by atoms with Gasteiger partial charge in [-0.1, -0.05) is 17.3 Å². The maximum atomic E-state index is 11.8. The van der Waals surface area contributed by atoms with Gasteiger partial charge in [0.25, 0.3) is 11.8 Å². The Balaban J connectivity index is 1.69. The van der Waals surface area contributed by atoms with Gasteiger partial charge < -0.3 is 9.26 Å². The number of anilines is 1. The standard InChI is InChI=1S/C14H12N4O3S/c1-9-16-13(21-18-9)10-4-2-3-5-11(10)20-8-12(19)17-14-15-6-7-22-14/h2-7H,8H2,1H3,(H,15,17,19). The molecule has 112 valence electrons. The van der Waals surface area contributed by atoms with Crippen molar-refractivity contribution in [3.05, 3.63) is 41.7 Å². The van der Waals surface area contributed by atoms with Gasteiger partial charge in [0.2, 0.25) is 0 Å². The Labute approximate surface area is 130 Å². The summed E-state index contributed by atoms with van der Waals surface area (Å²) >= 11 is 1.34. The normalized spacial score (nSPS) is 10.4. The number of amides is 1. The molecule has 8 heteroatoms. The highest BCUT2D eigenvalue weighted by Crippen LogP contribution is 2.28. The third-order valence-electron chi connectivity index (χ3n) is 2.68. The van der Waals surface area contributed by atoms with Crippen LogP contribution in [0.5, 0.6) is 5.75 Å². The number of hydrogen-bond donors (Lipinski definition) is 1. The van der Waals surface area contributed by atoms with Crippen LogP contribution in [-0.4, -0.2) is 27.6 Å². The second kappa shape index (κ2) is 6.35. The van der Waals surface area contributed by atoms with Gasteiger partial charge in [-0.15, -0.1) is 11.3 Å². The Hall–Kier alpha value is -2.74. The summed E-state index contributed by atoms with van der Waals surface area (Å²) in [4.78, 5) is 20.0. The van der Waals surface area contributed by atoms with Gasteiger partial charge in [-0.3, -0.25) is 10.1 Å². The monoisotopic (exact) mass is 316 g/mol. The molecule has 1 N–H and O–H groups in total. The first-order chi connectivity index (χ1) is 10.7. The zero-order chi connectivity index (χ0) is 15.4. The Morgan fingerprint density at radius 2 is 2.27 bits per heavy atom. The van der Waals surface area contributed by atoms with Crippen LogP contribution in [0.1, 0.15) is 5.82 Å². The van der Waals surface area contributed by atoms with Crippen molar-refractivity contribution < 1.29 is 14.1 Å². The van der Waals surface area contributed by atoms with Gasteiger partial charge in [0.1, 0.15) is 5.75 Å². The number of carbonyl (C=O) groups excluding carboxylic acids is 1. The SMILES string of the molecule is Cc1noc(-c2ccccc2OCC(=O)Nc2nccs2)n1. The fraction of sp³-hybridized carbons (Fsp3) is 0.143. The summed E-state index contributed by atoms with van der Waals surface area (Å²) in [6.45, 7) is 1.60. The Morgan fingerprint density at radius 3 is 3.00 bits per heavy atom. The topological polar surface area (TPSA) is 90.1 Å². The van der Waals surface area contributed by atoms with Crippen LogP contribution in [0.4, 0.5) is 5.13 Å². The van der Waals surface area contributed by atoms with E-state index in [1.54, 1.807) is 36.7 Å². The molecule has 1 amide bonds. The molecule has 0 spiro atoms. The minimum Gasteiger partial charge on any atom is -0.483 e. The van der Waals surface area contributed by atoms with Gasteiger partial charge in [-0.2, -0.15) is 4.98 Å². The number of hydrogen-bond acceptors (Lipinski definition) is 7. The minimum absolute atomic E-state index is 0.135. The number of aromatic nitrogens is 3. The van der Waals surface area contributed by atoms with Gasteiger partial charge in [-0.05, 0) is 19.1 Å². The molecule has 1 aromatic carbocycles. The highest BCUT2D eigenvalue weighted by atomic mass is 32.1. The number of aryl methyl sites for hydroxylation is 1. The molecule has 2 aromatic heterocycles. The van der Waals surface area contributed by atoms with Crippen LogP contribution in [-0.2, 0) is 4.79 Å². The van der Waals surface area contributed by atoms with Crippen molar-refractivity contribution in [1.29, 1.82) is 0 Å². The maximum Gasteiger partial charge on any atom is 0.264 e. The van der Waals surface area contributed by atoms with Crippen LogP contribution >= 0.6 is 11.3 Å². The lowest BCUT2D eigenvalue weighted by Gasteiger charge is -2.08. The van der Waals surface area contributed by atoms with E-state index in [2.05, 4.69) is 20.4 Å². The van der Waals surface area contributed by atoms with E-state index in [0.29, 0.717) is 28.2 Å². The van der Waals surface area contributed by atoms with Crippen LogP contribution in [0.25, 0.3) is 11.5 Å². The number of benzene rings is 1. The van der Waals surface area contributed by atoms with Crippen molar-refractivity contribution in [1.82, 2.24) is 15.1 Å². The zero-order valence-electron chi connectivity index (χ0n) is 11.6. The summed E-state index contributed by atoms with van der Waals surface area (Å²) in [5, 5.41) is 8.72. The van der Waals surface area contributed by atoms with Crippen molar-refractivity contribution in [2.24, 2.45) is 0 Å². The quantitative estimate of drug-likeness (QED) is 0.778. The molecular formula is C14H12N4O3S. The van der Waals surface area contributed by atoms with Crippen molar-refractivity contribution >= 4 is 22.4 Å². The molecule has 2 heterocycles. The number of nitrogens with one attached hydrogen (secondary N) is 1. The summed E-state index contributed by atoms with van der Waals surface area (Å²) in [5.41, 5.74) is 0.644. The highest BCUT2D eigenvalue weighted by molar-refractivity contribution is 7.13. The van der Waals surface area contributed by atoms with E-state index in [1.165, 1.54) is 11.3 Å². The zero-order valence-corrected chi connectivity index (χ0v) is 12.5. The van der Waals surface area contributed by atoms with Crippen molar-refractivity contribution in [2.45, 2.75) is 6.92 Å². The van der Waals surface area contributed by atoms with E-state index >= 15 is 0 Å². The molecule has 3 rings (SSSR count). The highest BCUT2D eigenvalue weighted by Gasteiger charge is 2.13. The molecule has 3 aromatic rings. The summed E-state index contributed by atoms with van der Waals surface area (Å²) in [6.07, 6.45) is 1.62. The number of para-hydroxylation sites is 1. The molecule has 0 saturated heterocycles. The van der Waals surface area contributed by atoms with E-state index in [0.717, 1.165) is 0 Å². The van der Waals surface area contributed by atoms with Gasteiger partial charge in [-0.25, -0.2) is 4.98 Å². The number of nitrogens with zero attached hydrogens (tertiary/aromatic N) is 3. The van der Waals surface area contributed by atoms with Crippen LogP contribution < -0.4 is 10.1 Å². The first-order valence-electron chi connectivity index (χ1n) is 6.44. The molecule has 0 aliphatic heterocycles. The molecule has 0 aliphatic rings. The van der Waals surface area contributed by atoms with Crippen LogP contribution in [0, 0.1) is 6.92 Å². The molecule has 22 heavy (non-hydrogen) atoms. The van der Waals surface area contributed by atoms with Crippen LogP contribution in [0.15, 0.2) is 40.4 Å². The van der Waals surface area contributed by atoms with E-state index in [-0.39, 0.29) is 12.5 Å². The molecular weight excluding hydrogens is 304 g/mol. The third-order valence-corrected chi connectivity index (χ3v) is 3.37. The van der Waals surface area contributed by atoms with Crippen molar-refractivity contribution in [3.8, 4) is 17.2 Å². The molecule has 0 aliphatic carbocycles. The predicted octanol–water partition coefficient (Wildman–Crippen LogP) is 2.52. The molecule has 0 unspecified atom stereocenters. The Bertz CT molecular complexity index is 770. The van der Waals surface area contributed by atoms with Crippen LogP contribution in [0.3, 0.4) is 0 Å². The molecule has 0 bridgehead atoms. The Morgan fingerprint density at radius 1 is 1.41 bits per heavy atom. The summed E-state index contributed by atoms with van der Waals surface area (Å²) in [6, 6.07) is 7.17. The fourth-order valence-corrected chi connectivity index (χ4v) is 2.30. The maximum absolute atomic E-state index is 11.8. The lowest BCUT2D eigenvalue weighted by molar-refractivity contribution is -0.118. The van der Waals surface area contributed by atoms with Crippen LogP contribution in [0.2, 0.25) is 0 Å². The fourth-order valence-electron chi connectivity index (χ4n) is 1.76. The third kappa shape index (κ3) is 3.29. The van der Waals surface area contributed by atoms with Gasteiger partial charge in [0.15, 0.2) is 17.6 Å². The molecule has 7 nitrogen and oxygen atoms in total. The molecule has 0 saturated carbocycles. The average molecular weight is 316 g/mol. The number of ether oxygens (including phenoxy) is 1. The average Bonchev–Trinajstić information content (AvgIpc) is 3.17. The summed E-state index contributed by atoms with van der Waals surface area (Å²) in [5.74, 6) is 1.10. The first-order valence-corrected chi connectivity index (χ1v) is 7.32. The molecule has 0 atom stereocenters. The number of carbonyl (C=O) groups is 1. The number of thiazole rings is 1. The second-order valence-corrected chi connectivity index (χ2v) is 5.21. The summed E-state index contributed by atoms with van der Waals surface area (Å²) in [7, 11) is 0. The lowest BCUT2D eigenvalue weighted by Crippen LogP contribution is -2.20. The smallest absolute Gasteiger partial charge is 0.264 e. The van der Waals surface area contributed by atoms with Gasteiger partial charge in [0.05, 0.1) is 5.56 Å². The van der Waals surface area contributed by atoms with Gasteiger partial charge >= 0.3 is 0 Å². The van der Waals surface area contributed by atoms with Gasteiger partial charge in [0, 0.05) is 11.6 Å². The van der Waals surface area contributed by atoms with E-state index in [4.69, 9.17) is 9.26 Å². The predicted molar refractivity (Wildman–Crippen MR) is 80.7 cm³/mol. The van der Waals surface area contributed by atoms with E-state index in [9.17, 15) is 4.79 Å². The van der Waals surface area contributed by atoms with E-state index in [1.807, 2.05) is 6.07 Å². The number of rotatable bonds is 5. The molecule has 0 radical (unpaired) electrons. The largest absolute Gasteiger partial charge is 0.483 e. The first kappa shape index (κ1) is 14.2. The molecule has 0 fully saturated rings. The summed E-state index contributed by atoms with van der Waals surface area (Å²) < 4.78 is 10.7. The lowest BCUT2D eigenvalue weighted by atomic mass is 10.2.